The summed E-state index contributed by atoms with van der Waals surface area (Å²) >= 11 is 1.91. The third-order valence-electron chi connectivity index (χ3n) is 16.6. The van der Waals surface area contributed by atoms with Crippen molar-refractivity contribution >= 4 is 29.5 Å². The number of aliphatic hydroxyl groups is 1. The third kappa shape index (κ3) is 168. The predicted octanol–water partition coefficient (Wildman–Crippen LogP) is 31.7. The van der Waals surface area contributed by atoms with Crippen LogP contribution in [0.15, 0.2) is 84.9 Å². The highest BCUT2D eigenvalue weighted by Gasteiger charge is 2.20. The highest BCUT2D eigenvalue weighted by Crippen LogP contribution is 2.27. The number of aryl methyl sites for hydroxylation is 3. The maximum Gasteiger partial charge on any atom is 0.306 e. The molecule has 0 fully saturated rings. The Bertz CT molecular complexity index is 3010. The fourth-order valence-corrected chi connectivity index (χ4v) is 11.1. The van der Waals surface area contributed by atoms with Crippen LogP contribution in [0.1, 0.15) is 389 Å². The number of carbonyl (C=O) groups is 3. The number of methoxy groups -OCH3 is 2. The molecule has 2 amide bonds. The molecule has 14 nitrogen and oxygen atoms in total. The Hall–Kier alpha value is -4.16. The lowest BCUT2D eigenvalue weighted by molar-refractivity contribution is -0.142. The van der Waals surface area contributed by atoms with E-state index in [0.29, 0.717) is 80.5 Å². The molecular weight excluding hydrogens is 1670 g/mol. The molecule has 0 heterocycles. The van der Waals surface area contributed by atoms with Crippen molar-refractivity contribution in [2.75, 3.05) is 155 Å². The van der Waals surface area contributed by atoms with E-state index >= 15 is 0 Å². The van der Waals surface area contributed by atoms with Gasteiger partial charge in [0.2, 0.25) is 11.8 Å². The van der Waals surface area contributed by atoms with Crippen LogP contribution in [0.3, 0.4) is 0 Å². The number of rotatable bonds is 28. The lowest BCUT2D eigenvalue weighted by atomic mass is 9.86. The van der Waals surface area contributed by atoms with Crippen LogP contribution in [-0.4, -0.2) is 192 Å². The van der Waals surface area contributed by atoms with Crippen LogP contribution in [0.4, 0.5) is 0 Å². The zero-order chi connectivity index (χ0) is 107. The summed E-state index contributed by atoms with van der Waals surface area (Å²) in [5, 5.41) is 11.0. The van der Waals surface area contributed by atoms with Crippen LogP contribution in [0.2, 0.25) is 0 Å². The Balaban J connectivity index is -0.000000135. The van der Waals surface area contributed by atoms with Crippen LogP contribution in [0.5, 0.6) is 0 Å². The topological polar surface area (TPSA) is 149 Å². The predicted molar refractivity (Wildman–Crippen MR) is 598 cm³/mol. The minimum atomic E-state index is -0.137. The second-order valence-corrected chi connectivity index (χ2v) is 52.5. The molecule has 0 aliphatic heterocycles. The fourth-order valence-electron chi connectivity index (χ4n) is 10.3. The quantitative estimate of drug-likeness (QED) is 0.0404. The number of allylic oxidation sites excluding steroid dienone is 2. The summed E-state index contributed by atoms with van der Waals surface area (Å²) in [5.41, 5.74) is 12.3. The van der Waals surface area contributed by atoms with Crippen molar-refractivity contribution in [1.82, 2.24) is 20.0 Å². The van der Waals surface area contributed by atoms with Gasteiger partial charge in [0.15, 0.2) is 0 Å². The molecule has 0 aliphatic rings. The van der Waals surface area contributed by atoms with Crippen LogP contribution in [0.25, 0.3) is 0 Å². The minimum absolute atomic E-state index is 0.0487. The summed E-state index contributed by atoms with van der Waals surface area (Å²) in [6.45, 7) is 110. The Morgan fingerprint density at radius 1 is 0.436 bits per heavy atom. The minimum Gasteiger partial charge on any atom is -0.469 e. The zero-order valence-corrected chi connectivity index (χ0v) is 101. The van der Waals surface area contributed by atoms with Gasteiger partial charge in [-0.25, -0.2) is 0 Å². The van der Waals surface area contributed by atoms with Gasteiger partial charge in [-0.3, -0.25) is 14.4 Å². The molecule has 15 heteroatoms. The van der Waals surface area contributed by atoms with Gasteiger partial charge in [0.25, 0.3) is 0 Å². The maximum absolute atomic E-state index is 11.1. The molecule has 3 aromatic carbocycles. The van der Waals surface area contributed by atoms with Gasteiger partial charge in [-0.15, -0.1) is 0 Å². The SMILES string of the molecule is C/C=C/CC(C)(C)C.CC(C)(C)CCO.CC(C)CN(C)C.CC(C)COCCN(C)C.CCCOCCC(C)(C)C.CCCOCCOCCC(C)(C)C.CN(C)C(=O)CC(C)(C)C.CNC(=O)CC(C)(C)C.COC(=O)CC(C)(C)C.COCC(C)(C)C.CSCC(C)(C)C.Cc1ccc(CC(C)(C)C)cc1.Cc1cccc(CC(C)(C)C)c1.Cc1ccccc1CC(C)(C)C. The summed E-state index contributed by atoms with van der Waals surface area (Å²) < 4.78 is 30.8. The molecule has 2 N–H and O–H groups in total. The monoisotopic (exact) mass is 1900 g/mol. The van der Waals surface area contributed by atoms with E-state index in [0.717, 1.165) is 117 Å². The maximum atomic E-state index is 11.1. The van der Waals surface area contributed by atoms with Gasteiger partial charge in [0.05, 0.1) is 40.0 Å². The number of hydrogen-bond acceptors (Lipinski definition) is 13. The zero-order valence-electron chi connectivity index (χ0n) is 99.8. The molecule has 0 atom stereocenters. The summed E-state index contributed by atoms with van der Waals surface area (Å²) in [4.78, 5) is 38.4. The number of amides is 2. The highest BCUT2D eigenvalue weighted by molar-refractivity contribution is 7.98. The molecular formula is C118H236N4O10S. The van der Waals surface area contributed by atoms with E-state index < -0.39 is 0 Å². The summed E-state index contributed by atoms with van der Waals surface area (Å²) in [6.07, 6.45) is 18.2. The Kier molecular flexibility index (Phi) is 95.3. The van der Waals surface area contributed by atoms with Crippen LogP contribution >= 0.6 is 11.8 Å². The first-order valence-corrected chi connectivity index (χ1v) is 51.6. The first-order chi connectivity index (χ1) is 59.8. The first-order valence-electron chi connectivity index (χ1n) is 50.2. The molecule has 0 saturated carbocycles. The lowest BCUT2D eigenvalue weighted by Crippen LogP contribution is -2.26. The Labute approximate surface area is 837 Å². The standard InChI is InChI=1S/3C12H18.C11H24O2.C9H20O.C8H17NO.C8H19NO.C8H16.C7H15NO.C7H14O2.C6H15N.2C6H14O.C6H14S/c1-10-5-7-11(8-6-10)9-12(2,3)4;1-10-6-5-7-11(8-10)9-12(2,3)4;1-10-7-5-6-8-11(10)9-12(2,3)4;1-5-7-12-9-10-13-8-6-11(2,3)4;1-5-7-10-8-6-9(2,3)4;1-8(2,3)6-7(10)9(4)5;1-8(2)7-10-6-5-9(3)4;1-5-6-7-8(2,3)4;1-7(2,3)5-6(9)8-4;1-7(2,3)5-6(8)9-4;1-6(2)5-7(3)4;1-6(2,3)5-7-4;1-6(2,3)4-5-7;1-6(2,3)5-7-4/h3*5-8H,9H2,1-4H3;5-10H2,1-4H3;5-8H2,1-4H3;6H2,1-5H3;8H,5-7H2,1-4H3;5-6H,7H2,1-4H3;5H2,1-4H3,(H,8,9);5H2,1-4H3;6H,5H2,1-4H3;5H2,1-4H3;7H,4-5H2,1-3H3;5H2,1-4H3/b;;;;;;;6-5+;;;;;;. The third-order valence-corrected chi connectivity index (χ3v) is 17.8. The lowest BCUT2D eigenvalue weighted by Gasteiger charge is -2.19. The number of benzene rings is 3. The molecule has 3 rings (SSSR count). The van der Waals surface area contributed by atoms with Gasteiger partial charge < -0.3 is 53.5 Å². The number of likely N-dealkylation sites (N-methyl/N-ethyl adjacent to an activating group) is 1. The molecule has 133 heavy (non-hydrogen) atoms. The number of esters is 1. The number of nitrogens with one attached hydrogen (secondary N) is 1. The Morgan fingerprint density at radius 2 is 0.857 bits per heavy atom. The number of hydrogen-bond donors (Lipinski definition) is 2. The van der Waals surface area contributed by atoms with E-state index in [1.54, 1.807) is 33.2 Å². The van der Waals surface area contributed by atoms with Gasteiger partial charge in [0.1, 0.15) is 0 Å². The van der Waals surface area contributed by atoms with E-state index in [1.165, 1.54) is 65.6 Å². The van der Waals surface area contributed by atoms with Crippen molar-refractivity contribution in [1.29, 1.82) is 0 Å². The van der Waals surface area contributed by atoms with E-state index in [4.69, 9.17) is 28.8 Å². The van der Waals surface area contributed by atoms with Gasteiger partial charge in [-0.05, 0) is 231 Å². The van der Waals surface area contributed by atoms with Crippen molar-refractivity contribution < 1.29 is 47.9 Å². The van der Waals surface area contributed by atoms with Crippen LogP contribution in [0, 0.1) is 97.6 Å². The largest absolute Gasteiger partial charge is 0.469 e. The molecule has 0 unspecified atom stereocenters. The number of thioether (sulfide) groups is 1. The molecule has 0 radical (unpaired) electrons. The number of aliphatic hydroxyl groups excluding tert-OH is 1. The molecule has 0 bridgehead atoms. The smallest absolute Gasteiger partial charge is 0.306 e. The van der Waals surface area contributed by atoms with Gasteiger partial charge in [0, 0.05) is 87.3 Å². The average molecular weight is 1900 g/mol. The molecule has 0 spiro atoms. The van der Waals surface area contributed by atoms with Crippen molar-refractivity contribution in [2.45, 2.75) is 396 Å². The fraction of sp³-hybridized carbons (Fsp3) is 0.805. The second kappa shape index (κ2) is 83.6. The average Bonchev–Trinajstić information content (AvgIpc) is 0.879. The summed E-state index contributed by atoms with van der Waals surface area (Å²) in [5.74, 6) is 2.89. The van der Waals surface area contributed by atoms with Crippen molar-refractivity contribution in [3.05, 3.63) is 118 Å². The summed E-state index contributed by atoms with van der Waals surface area (Å²) in [6, 6.07) is 26.2. The van der Waals surface area contributed by atoms with E-state index in [2.05, 4.69) is 416 Å². The molecule has 794 valence electrons. The van der Waals surface area contributed by atoms with Crippen molar-refractivity contribution in [2.24, 2.45) is 76.8 Å². The number of nitrogens with zero attached hydrogens (tertiary/aromatic N) is 3. The summed E-state index contributed by atoms with van der Waals surface area (Å²) in [7, 11) is 16.7. The van der Waals surface area contributed by atoms with Gasteiger partial charge in [-0.1, -0.05) is 387 Å². The van der Waals surface area contributed by atoms with Gasteiger partial charge >= 0.3 is 5.97 Å². The molecule has 0 saturated heterocycles. The molecule has 0 aromatic heterocycles. The van der Waals surface area contributed by atoms with Crippen molar-refractivity contribution in [3.63, 3.8) is 0 Å². The van der Waals surface area contributed by atoms with Crippen LogP contribution in [-0.2, 0) is 62.1 Å². The van der Waals surface area contributed by atoms with E-state index in [1.807, 2.05) is 53.3 Å². The van der Waals surface area contributed by atoms with E-state index in [-0.39, 0.29) is 34.0 Å². The Morgan fingerprint density at radius 3 is 1.10 bits per heavy atom. The van der Waals surface area contributed by atoms with Crippen LogP contribution < -0.4 is 5.32 Å². The number of carbonyl (C=O) groups excluding carboxylic acids is 3. The highest BCUT2D eigenvalue weighted by atomic mass is 32.2. The molecule has 3 aromatic rings. The van der Waals surface area contributed by atoms with Crippen molar-refractivity contribution in [3.8, 4) is 0 Å². The molecule has 0 aliphatic carbocycles. The normalized spacial score (nSPS) is 11.7. The van der Waals surface area contributed by atoms with Gasteiger partial charge in [-0.2, -0.15) is 11.8 Å². The number of ether oxygens (including phenoxy) is 6. The second-order valence-electron chi connectivity index (χ2n) is 51.6. The van der Waals surface area contributed by atoms with E-state index in [9.17, 15) is 14.4 Å². The first kappa shape index (κ1) is 152.